The van der Waals surface area contributed by atoms with Crippen LogP contribution in [0.25, 0.3) is 33.7 Å². The van der Waals surface area contributed by atoms with Crippen LogP contribution in [-0.2, 0) is 0 Å². The maximum atomic E-state index is 5.67. The molecule has 2 aromatic heterocycles. The van der Waals surface area contributed by atoms with Crippen molar-refractivity contribution in [1.82, 2.24) is 15.1 Å². The number of fused-ring (bicyclic) bond motifs is 1. The predicted octanol–water partition coefficient (Wildman–Crippen LogP) is 5.19. The minimum absolute atomic E-state index is 0.532. The van der Waals surface area contributed by atoms with Crippen molar-refractivity contribution in [2.75, 3.05) is 18.0 Å². The van der Waals surface area contributed by atoms with Crippen LogP contribution in [0.5, 0.6) is 0 Å². The number of pyridine rings is 1. The van der Waals surface area contributed by atoms with E-state index in [1.165, 1.54) is 12.8 Å². The number of benzene rings is 2. The van der Waals surface area contributed by atoms with E-state index in [1.807, 2.05) is 48.5 Å². The Bertz CT molecular complexity index is 1100. The summed E-state index contributed by atoms with van der Waals surface area (Å²) in [4.78, 5) is 12.0. The second kappa shape index (κ2) is 7.08. The van der Waals surface area contributed by atoms with E-state index in [0.717, 1.165) is 46.9 Å². The van der Waals surface area contributed by atoms with E-state index < -0.39 is 0 Å². The highest BCUT2D eigenvalue weighted by Gasteiger charge is 2.20. The highest BCUT2D eigenvalue weighted by molar-refractivity contribution is 5.94. The average Bonchev–Trinajstić information content (AvgIpc) is 3.24. The average molecular weight is 370 g/mol. The number of aromatic nitrogens is 3. The number of para-hydroxylation sites is 1. The molecule has 5 nitrogen and oxygen atoms in total. The summed E-state index contributed by atoms with van der Waals surface area (Å²) in [5.41, 5.74) is 2.84. The maximum Gasteiger partial charge on any atom is 0.259 e. The normalized spacial score (nSPS) is 15.2. The SMILES string of the molecule is CC1CCN(c2cc(-c3nc(-c4ccccc4)no3)c3ccccc3n2)CC1. The first-order valence-corrected chi connectivity index (χ1v) is 9.82. The monoisotopic (exact) mass is 370 g/mol. The molecule has 1 saturated heterocycles. The Morgan fingerprint density at radius 3 is 2.50 bits per heavy atom. The van der Waals surface area contributed by atoms with Crippen LogP contribution in [0.4, 0.5) is 5.82 Å². The van der Waals surface area contributed by atoms with E-state index >= 15 is 0 Å². The fraction of sp³-hybridized carbons (Fsp3) is 0.261. The molecule has 2 aromatic carbocycles. The van der Waals surface area contributed by atoms with Crippen molar-refractivity contribution in [3.8, 4) is 22.8 Å². The van der Waals surface area contributed by atoms with Crippen LogP contribution in [0, 0.1) is 5.92 Å². The van der Waals surface area contributed by atoms with Gasteiger partial charge in [0.2, 0.25) is 5.82 Å². The standard InChI is InChI=1S/C23H22N4O/c1-16-11-13-27(14-12-16)21-15-19(18-9-5-6-10-20(18)24-21)23-25-22(26-28-23)17-7-3-2-4-8-17/h2-10,15-16H,11-14H2,1H3. The summed E-state index contributed by atoms with van der Waals surface area (Å²) >= 11 is 0. The summed E-state index contributed by atoms with van der Waals surface area (Å²) in [5, 5.41) is 5.23. The number of anilines is 1. The van der Waals surface area contributed by atoms with E-state index in [9.17, 15) is 0 Å². The molecule has 0 aliphatic carbocycles. The lowest BCUT2D eigenvalue weighted by Gasteiger charge is -2.31. The van der Waals surface area contributed by atoms with Crippen molar-refractivity contribution in [2.45, 2.75) is 19.8 Å². The maximum absolute atomic E-state index is 5.67. The molecule has 3 heterocycles. The van der Waals surface area contributed by atoms with Gasteiger partial charge in [-0.05, 0) is 30.9 Å². The Morgan fingerprint density at radius 1 is 0.929 bits per heavy atom. The summed E-state index contributed by atoms with van der Waals surface area (Å²) in [7, 11) is 0. The molecule has 5 heteroatoms. The van der Waals surface area contributed by atoms with Crippen molar-refractivity contribution in [1.29, 1.82) is 0 Å². The van der Waals surface area contributed by atoms with Crippen LogP contribution in [0.2, 0.25) is 0 Å². The second-order valence-electron chi connectivity index (χ2n) is 7.50. The quantitative estimate of drug-likeness (QED) is 0.497. The van der Waals surface area contributed by atoms with E-state index in [2.05, 4.69) is 34.1 Å². The molecule has 0 unspecified atom stereocenters. The first-order chi connectivity index (χ1) is 13.8. The molecule has 28 heavy (non-hydrogen) atoms. The summed E-state index contributed by atoms with van der Waals surface area (Å²) in [5.74, 6) is 2.90. The minimum Gasteiger partial charge on any atom is -0.357 e. The lowest BCUT2D eigenvalue weighted by atomic mass is 9.99. The van der Waals surface area contributed by atoms with Gasteiger partial charge in [0.25, 0.3) is 5.89 Å². The summed E-state index contributed by atoms with van der Waals surface area (Å²) in [6.07, 6.45) is 2.39. The van der Waals surface area contributed by atoms with Gasteiger partial charge in [-0.3, -0.25) is 0 Å². The molecule has 0 bridgehead atoms. The zero-order valence-electron chi connectivity index (χ0n) is 15.9. The molecule has 1 aliphatic rings. The van der Waals surface area contributed by atoms with Crippen molar-refractivity contribution in [3.63, 3.8) is 0 Å². The third kappa shape index (κ3) is 3.13. The highest BCUT2D eigenvalue weighted by atomic mass is 16.5. The third-order valence-corrected chi connectivity index (χ3v) is 5.50. The number of nitrogens with zero attached hydrogens (tertiary/aromatic N) is 4. The van der Waals surface area contributed by atoms with Gasteiger partial charge >= 0.3 is 0 Å². The molecule has 0 radical (unpaired) electrons. The number of rotatable bonds is 3. The van der Waals surface area contributed by atoms with Gasteiger partial charge in [0.15, 0.2) is 0 Å². The van der Waals surface area contributed by atoms with Crippen LogP contribution in [-0.4, -0.2) is 28.2 Å². The van der Waals surface area contributed by atoms with Crippen molar-refractivity contribution in [3.05, 3.63) is 60.7 Å². The Balaban J connectivity index is 1.59. The summed E-state index contributed by atoms with van der Waals surface area (Å²) < 4.78 is 5.67. The van der Waals surface area contributed by atoms with Crippen molar-refractivity contribution in [2.24, 2.45) is 5.92 Å². The van der Waals surface area contributed by atoms with Gasteiger partial charge in [0.1, 0.15) is 5.82 Å². The molecular formula is C23H22N4O. The molecule has 0 N–H and O–H groups in total. The second-order valence-corrected chi connectivity index (χ2v) is 7.50. The van der Waals surface area contributed by atoms with E-state index in [1.54, 1.807) is 0 Å². The first-order valence-electron chi connectivity index (χ1n) is 9.82. The van der Waals surface area contributed by atoms with E-state index in [0.29, 0.717) is 11.7 Å². The van der Waals surface area contributed by atoms with Crippen LogP contribution in [0.1, 0.15) is 19.8 Å². The largest absolute Gasteiger partial charge is 0.357 e. The van der Waals surface area contributed by atoms with Gasteiger partial charge in [0.05, 0.1) is 11.1 Å². The fourth-order valence-electron chi connectivity index (χ4n) is 3.78. The van der Waals surface area contributed by atoms with Gasteiger partial charge < -0.3 is 9.42 Å². The minimum atomic E-state index is 0.532. The van der Waals surface area contributed by atoms with Gasteiger partial charge in [-0.1, -0.05) is 60.6 Å². The molecule has 140 valence electrons. The lowest BCUT2D eigenvalue weighted by molar-refractivity contribution is 0.432. The van der Waals surface area contributed by atoms with Crippen LogP contribution < -0.4 is 4.90 Å². The molecule has 1 fully saturated rings. The summed E-state index contributed by atoms with van der Waals surface area (Å²) in [6.45, 7) is 4.39. The van der Waals surface area contributed by atoms with Gasteiger partial charge in [-0.15, -0.1) is 0 Å². The molecule has 5 rings (SSSR count). The predicted molar refractivity (Wildman–Crippen MR) is 111 cm³/mol. The van der Waals surface area contributed by atoms with Crippen molar-refractivity contribution >= 4 is 16.7 Å². The van der Waals surface area contributed by atoms with Crippen LogP contribution in [0.15, 0.2) is 65.2 Å². The molecule has 1 aliphatic heterocycles. The Morgan fingerprint density at radius 2 is 1.68 bits per heavy atom. The lowest BCUT2D eigenvalue weighted by Crippen LogP contribution is -2.33. The molecule has 0 saturated carbocycles. The van der Waals surface area contributed by atoms with Crippen LogP contribution >= 0.6 is 0 Å². The molecule has 4 aromatic rings. The number of hydrogen-bond donors (Lipinski definition) is 0. The molecule has 0 atom stereocenters. The van der Waals surface area contributed by atoms with Crippen molar-refractivity contribution < 1.29 is 4.52 Å². The zero-order valence-corrected chi connectivity index (χ0v) is 15.9. The first kappa shape index (κ1) is 16.9. The summed E-state index contributed by atoms with van der Waals surface area (Å²) in [6, 6.07) is 20.1. The Labute approximate surface area is 164 Å². The molecular weight excluding hydrogens is 348 g/mol. The fourth-order valence-corrected chi connectivity index (χ4v) is 3.78. The smallest absolute Gasteiger partial charge is 0.259 e. The van der Waals surface area contributed by atoms with E-state index in [4.69, 9.17) is 9.51 Å². The van der Waals surface area contributed by atoms with E-state index in [-0.39, 0.29) is 0 Å². The number of piperidine rings is 1. The molecule has 0 amide bonds. The van der Waals surface area contributed by atoms with Gasteiger partial charge in [-0.2, -0.15) is 4.98 Å². The van der Waals surface area contributed by atoms with Gasteiger partial charge in [0, 0.05) is 24.0 Å². The highest BCUT2D eigenvalue weighted by Crippen LogP contribution is 2.33. The third-order valence-electron chi connectivity index (χ3n) is 5.50. The number of hydrogen-bond acceptors (Lipinski definition) is 5. The molecule has 0 spiro atoms. The zero-order chi connectivity index (χ0) is 18.9. The Hall–Kier alpha value is -3.21. The van der Waals surface area contributed by atoms with Gasteiger partial charge in [-0.25, -0.2) is 4.98 Å². The van der Waals surface area contributed by atoms with Crippen LogP contribution in [0.3, 0.4) is 0 Å². The topological polar surface area (TPSA) is 55.1 Å². The Kier molecular flexibility index (Phi) is 4.28.